The normalized spacial score (nSPS) is 14.5. The van der Waals surface area contributed by atoms with Crippen LogP contribution in [0, 0.1) is 17.8 Å². The Kier molecular flexibility index (Phi) is 19.6. The van der Waals surface area contributed by atoms with Gasteiger partial charge in [-0.25, -0.2) is 4.79 Å². The summed E-state index contributed by atoms with van der Waals surface area (Å²) in [4.78, 5) is 111. The van der Waals surface area contributed by atoms with E-state index in [1.807, 2.05) is 88.4 Å². The molecule has 0 aliphatic heterocycles. The van der Waals surface area contributed by atoms with Crippen molar-refractivity contribution in [3.05, 3.63) is 108 Å². The molecule has 0 saturated carbocycles. The van der Waals surface area contributed by atoms with Crippen LogP contribution in [0.25, 0.3) is 10.9 Å². The van der Waals surface area contributed by atoms with Gasteiger partial charge in [0.2, 0.25) is 35.4 Å². The van der Waals surface area contributed by atoms with Crippen LogP contribution in [0.2, 0.25) is 0 Å². The topological polar surface area (TPSA) is 265 Å². The Morgan fingerprint density at radius 2 is 1.01 bits per heavy atom. The minimum absolute atomic E-state index is 0.0465. The van der Waals surface area contributed by atoms with Gasteiger partial charge in [0.15, 0.2) is 0 Å². The third-order valence-electron chi connectivity index (χ3n) is 11.5. The fourth-order valence-corrected chi connectivity index (χ4v) is 7.95. The molecule has 0 fully saturated rings. The second-order valence-electron chi connectivity index (χ2n) is 17.9. The second kappa shape index (κ2) is 25.0. The van der Waals surface area contributed by atoms with Crippen molar-refractivity contribution >= 4 is 58.3 Å². The van der Waals surface area contributed by atoms with Crippen LogP contribution in [0.5, 0.6) is 0 Å². The maximum atomic E-state index is 14.3. The first-order valence-corrected chi connectivity index (χ1v) is 22.7. The summed E-state index contributed by atoms with van der Waals surface area (Å²) in [7, 11) is 0. The van der Waals surface area contributed by atoms with Gasteiger partial charge in [-0.3, -0.25) is 33.6 Å². The van der Waals surface area contributed by atoms with Crippen molar-refractivity contribution in [1.29, 1.82) is 0 Å². The molecule has 17 nitrogen and oxygen atoms in total. The summed E-state index contributed by atoms with van der Waals surface area (Å²) in [5, 5.41) is 36.7. The van der Waals surface area contributed by atoms with E-state index in [4.69, 9.17) is 0 Å². The number of carboxylic acids is 2. The lowest BCUT2D eigenvalue weighted by Crippen LogP contribution is -2.61. The molecule has 3 aromatic carbocycles. The summed E-state index contributed by atoms with van der Waals surface area (Å²) in [5.74, 6) is -8.92. The zero-order valence-corrected chi connectivity index (χ0v) is 39.1. The molecule has 7 atom stereocenters. The van der Waals surface area contributed by atoms with E-state index in [0.29, 0.717) is 23.1 Å². The van der Waals surface area contributed by atoms with Gasteiger partial charge < -0.3 is 47.1 Å². The highest BCUT2D eigenvalue weighted by atomic mass is 16.4. The Labute approximate surface area is 391 Å². The van der Waals surface area contributed by atoms with E-state index in [-0.39, 0.29) is 31.1 Å². The Morgan fingerprint density at radius 3 is 1.49 bits per heavy atom. The van der Waals surface area contributed by atoms with Gasteiger partial charge >= 0.3 is 11.9 Å². The number of carboxylic acid groups (broad SMARTS) is 2. The SMILES string of the molecule is CC[C@H](C)[C@H](NC(=O)[C@H](CC(=O)O)NC(=O)[C@H](CC(C)C)NC(=O)[C@H](NC(C)=O)C(c1ccccc1)c1ccccc1)C(=O)N[C@@H](CC(C)C)C(=O)N[C@@H](Cc1c[nH]c2ccccc12)C(=O)O. The third kappa shape index (κ3) is 15.5. The molecule has 9 N–H and O–H groups in total. The van der Waals surface area contributed by atoms with Gasteiger partial charge in [-0.05, 0) is 53.4 Å². The zero-order valence-electron chi connectivity index (χ0n) is 39.1. The van der Waals surface area contributed by atoms with Gasteiger partial charge in [0.1, 0.15) is 36.3 Å². The molecule has 0 unspecified atom stereocenters. The molecule has 6 amide bonds. The summed E-state index contributed by atoms with van der Waals surface area (Å²) < 4.78 is 0. The van der Waals surface area contributed by atoms with Crippen molar-refractivity contribution in [3.8, 4) is 0 Å². The molecule has 0 radical (unpaired) electrons. The maximum Gasteiger partial charge on any atom is 0.326 e. The number of H-pyrrole nitrogens is 1. The summed E-state index contributed by atoms with van der Waals surface area (Å²) >= 11 is 0. The number of aliphatic carboxylic acids is 2. The van der Waals surface area contributed by atoms with Crippen molar-refractivity contribution in [2.75, 3.05) is 0 Å². The van der Waals surface area contributed by atoms with E-state index in [1.54, 1.807) is 44.3 Å². The average Bonchev–Trinajstić information content (AvgIpc) is 3.69. The number of rotatable bonds is 25. The maximum absolute atomic E-state index is 14.3. The highest BCUT2D eigenvalue weighted by molar-refractivity contribution is 5.98. The molecule has 17 heteroatoms. The number of benzene rings is 3. The summed E-state index contributed by atoms with van der Waals surface area (Å²) in [6.07, 6.45) is 1.27. The van der Waals surface area contributed by atoms with Crippen LogP contribution in [-0.4, -0.2) is 98.8 Å². The highest BCUT2D eigenvalue weighted by Gasteiger charge is 2.38. The van der Waals surface area contributed by atoms with Crippen LogP contribution in [-0.2, 0) is 44.8 Å². The molecule has 0 spiro atoms. The van der Waals surface area contributed by atoms with Gasteiger partial charge in [-0.1, -0.05) is 127 Å². The predicted octanol–water partition coefficient (Wildman–Crippen LogP) is 4.17. The minimum atomic E-state index is -1.72. The molecular weight excluding hydrogens is 859 g/mol. The van der Waals surface area contributed by atoms with Crippen molar-refractivity contribution < 1.29 is 48.6 Å². The summed E-state index contributed by atoms with van der Waals surface area (Å²) in [5.41, 5.74) is 2.90. The minimum Gasteiger partial charge on any atom is -0.481 e. The van der Waals surface area contributed by atoms with E-state index < -0.39 is 102 Å². The molecule has 360 valence electrons. The quantitative estimate of drug-likeness (QED) is 0.0458. The number of fused-ring (bicyclic) bond motifs is 1. The monoisotopic (exact) mass is 923 g/mol. The van der Waals surface area contributed by atoms with Crippen LogP contribution in [0.1, 0.15) is 96.8 Å². The molecule has 0 bridgehead atoms. The molecule has 1 heterocycles. The molecule has 0 aliphatic carbocycles. The van der Waals surface area contributed by atoms with Crippen molar-refractivity contribution in [3.63, 3.8) is 0 Å². The van der Waals surface area contributed by atoms with Gasteiger partial charge in [0, 0.05) is 36.4 Å². The molecule has 67 heavy (non-hydrogen) atoms. The lowest BCUT2D eigenvalue weighted by molar-refractivity contribution is -0.142. The standard InChI is InChI=1S/C50H65N7O10/c1-8-30(6)43(48(64)54-38(24-29(4)5)46(62)56-40(50(66)67)25-34-27-51-36-22-16-15-21-35(34)36)57-47(63)39(26-41(59)60)53-45(61)37(23-28(2)3)55-49(65)44(52-31(7)58)42(32-17-11-9-12-18-32)33-19-13-10-14-20-33/h9-22,27-30,37-40,42-44,51H,8,23-26H2,1-7H3,(H,52,58)(H,53,61)(H,54,64)(H,55,65)(H,56,62)(H,57,63)(H,59,60)(H,66,67)/t30-,37-,38-,39-,40-,43-,44+/m0/s1. The molecule has 0 saturated heterocycles. The van der Waals surface area contributed by atoms with Crippen LogP contribution in [0.4, 0.5) is 0 Å². The van der Waals surface area contributed by atoms with Gasteiger partial charge in [0.25, 0.3) is 0 Å². The van der Waals surface area contributed by atoms with E-state index in [9.17, 15) is 48.6 Å². The molecule has 4 rings (SSSR count). The number of nitrogens with one attached hydrogen (secondary N) is 7. The summed E-state index contributed by atoms with van der Waals surface area (Å²) in [6, 6.07) is 17.3. The third-order valence-corrected chi connectivity index (χ3v) is 11.5. The van der Waals surface area contributed by atoms with Gasteiger partial charge in [-0.15, -0.1) is 0 Å². The van der Waals surface area contributed by atoms with Crippen molar-refractivity contribution in [2.45, 2.75) is 123 Å². The van der Waals surface area contributed by atoms with Gasteiger partial charge in [0.05, 0.1) is 6.42 Å². The number of aromatic nitrogens is 1. The number of hydrogen-bond acceptors (Lipinski definition) is 8. The Bertz CT molecular complexity index is 2290. The van der Waals surface area contributed by atoms with Crippen molar-refractivity contribution in [1.82, 2.24) is 36.9 Å². The first-order chi connectivity index (χ1) is 31.8. The predicted molar refractivity (Wildman–Crippen MR) is 252 cm³/mol. The Balaban J connectivity index is 1.56. The highest BCUT2D eigenvalue weighted by Crippen LogP contribution is 2.29. The molecule has 1 aromatic heterocycles. The Morgan fingerprint density at radius 1 is 0.552 bits per heavy atom. The lowest BCUT2D eigenvalue weighted by Gasteiger charge is -2.31. The average molecular weight is 924 g/mol. The van der Waals surface area contributed by atoms with Crippen LogP contribution in [0.3, 0.4) is 0 Å². The fourth-order valence-electron chi connectivity index (χ4n) is 7.95. The number of carbonyl (C=O) groups is 8. The van der Waals surface area contributed by atoms with Gasteiger partial charge in [-0.2, -0.15) is 0 Å². The lowest BCUT2D eigenvalue weighted by atomic mass is 9.84. The number of hydrogen-bond donors (Lipinski definition) is 9. The van der Waals surface area contributed by atoms with Crippen LogP contribution >= 0.6 is 0 Å². The smallest absolute Gasteiger partial charge is 0.326 e. The Hall–Kier alpha value is -7.04. The van der Waals surface area contributed by atoms with Crippen LogP contribution < -0.4 is 31.9 Å². The van der Waals surface area contributed by atoms with E-state index in [0.717, 1.165) is 10.9 Å². The van der Waals surface area contributed by atoms with E-state index >= 15 is 0 Å². The first-order valence-electron chi connectivity index (χ1n) is 22.7. The fraction of sp³-hybridized carbons (Fsp3) is 0.440. The van der Waals surface area contributed by atoms with Crippen molar-refractivity contribution in [2.24, 2.45) is 17.8 Å². The first kappa shape index (κ1) is 52.6. The number of amides is 6. The van der Waals surface area contributed by atoms with E-state index in [1.165, 1.54) is 6.92 Å². The molecule has 0 aliphatic rings. The second-order valence-corrected chi connectivity index (χ2v) is 17.9. The number of carbonyl (C=O) groups excluding carboxylic acids is 6. The van der Waals surface area contributed by atoms with Crippen LogP contribution in [0.15, 0.2) is 91.1 Å². The molecule has 4 aromatic rings. The number of aromatic amines is 1. The largest absolute Gasteiger partial charge is 0.481 e. The number of para-hydroxylation sites is 1. The zero-order chi connectivity index (χ0) is 49.4. The van der Waals surface area contributed by atoms with E-state index in [2.05, 4.69) is 36.9 Å². The molecular formula is C50H65N7O10. The summed E-state index contributed by atoms with van der Waals surface area (Å²) in [6.45, 7) is 12.0.